The van der Waals surface area contributed by atoms with Crippen molar-refractivity contribution in [3.63, 3.8) is 0 Å². The first-order valence-corrected chi connectivity index (χ1v) is 8.43. The third kappa shape index (κ3) is 3.07. The van der Waals surface area contributed by atoms with Crippen LogP contribution in [0, 0.1) is 0 Å². The molecule has 0 atom stereocenters. The number of hydrogen-bond donors (Lipinski definition) is 0. The third-order valence-electron chi connectivity index (χ3n) is 4.41. The maximum Gasteiger partial charge on any atom is -0.00679 e. The van der Waals surface area contributed by atoms with Gasteiger partial charge in [-0.25, -0.2) is 0 Å². The molecule has 0 heteroatoms. The van der Waals surface area contributed by atoms with Crippen LogP contribution in [0.2, 0.25) is 0 Å². The van der Waals surface area contributed by atoms with Crippen LogP contribution in [-0.2, 0) is 0 Å². The van der Waals surface area contributed by atoms with E-state index in [1.165, 1.54) is 33.0 Å². The molecule has 0 bridgehead atoms. The number of rotatable bonds is 3. The Morgan fingerprint density at radius 2 is 1.87 bits per heavy atom. The highest BCUT2D eigenvalue weighted by molar-refractivity contribution is 5.99. The lowest BCUT2D eigenvalue weighted by Crippen LogP contribution is -1.99. The smallest absolute Gasteiger partial charge is 0.00679 e. The summed E-state index contributed by atoms with van der Waals surface area (Å²) in [6.45, 7) is 6.66. The molecule has 3 rings (SSSR count). The highest BCUT2D eigenvalue weighted by atomic mass is 14.2. The van der Waals surface area contributed by atoms with Gasteiger partial charge < -0.3 is 0 Å². The Bertz CT molecular complexity index is 826. The lowest BCUT2D eigenvalue weighted by molar-refractivity contribution is 0.865. The van der Waals surface area contributed by atoms with Gasteiger partial charge in [0, 0.05) is 0 Å². The van der Waals surface area contributed by atoms with E-state index in [0.717, 1.165) is 6.42 Å². The van der Waals surface area contributed by atoms with Gasteiger partial charge in [0.15, 0.2) is 0 Å². The van der Waals surface area contributed by atoms with Crippen molar-refractivity contribution in [1.29, 1.82) is 0 Å². The summed E-state index contributed by atoms with van der Waals surface area (Å²) in [7, 11) is 0. The second-order valence-electron chi connectivity index (χ2n) is 6.34. The molecule has 0 amide bonds. The van der Waals surface area contributed by atoms with E-state index in [1.807, 2.05) is 0 Å². The van der Waals surface area contributed by atoms with Gasteiger partial charge in [0.25, 0.3) is 0 Å². The first kappa shape index (κ1) is 15.6. The molecule has 1 aliphatic rings. The van der Waals surface area contributed by atoms with Gasteiger partial charge in [-0.3, -0.25) is 0 Å². The van der Waals surface area contributed by atoms with Crippen LogP contribution in [0.3, 0.4) is 0 Å². The fraction of sp³-hybridized carbons (Fsp3) is 0.217. The Hall–Kier alpha value is -2.34. The molecule has 2 aromatic rings. The molecule has 116 valence electrons. The van der Waals surface area contributed by atoms with Gasteiger partial charge in [-0.15, -0.1) is 0 Å². The van der Waals surface area contributed by atoms with E-state index in [-0.39, 0.29) is 0 Å². The molecule has 0 fully saturated rings. The average molecular weight is 300 g/mol. The Labute approximate surface area is 139 Å². The zero-order chi connectivity index (χ0) is 16.2. The van der Waals surface area contributed by atoms with E-state index in [9.17, 15) is 0 Å². The Balaban J connectivity index is 2.37. The third-order valence-corrected chi connectivity index (χ3v) is 4.41. The normalized spacial score (nSPS) is 16.7. The summed E-state index contributed by atoms with van der Waals surface area (Å²) >= 11 is 0. The minimum atomic E-state index is 0.499. The number of hydrogen-bond acceptors (Lipinski definition) is 0. The molecule has 0 saturated carbocycles. The van der Waals surface area contributed by atoms with Gasteiger partial charge in [0.05, 0.1) is 0 Å². The van der Waals surface area contributed by atoms with E-state index in [2.05, 4.69) is 93.6 Å². The topological polar surface area (TPSA) is 0 Å². The second kappa shape index (κ2) is 6.83. The second-order valence-corrected chi connectivity index (χ2v) is 6.34. The van der Waals surface area contributed by atoms with E-state index >= 15 is 0 Å². The van der Waals surface area contributed by atoms with Gasteiger partial charge in [0.2, 0.25) is 0 Å². The van der Waals surface area contributed by atoms with Crippen molar-refractivity contribution in [3.8, 4) is 0 Å². The molecule has 0 aliphatic heterocycles. The van der Waals surface area contributed by atoms with E-state index < -0.39 is 0 Å². The van der Waals surface area contributed by atoms with Crippen LogP contribution in [0.25, 0.3) is 16.3 Å². The lowest BCUT2D eigenvalue weighted by atomic mass is 9.85. The standard InChI is InChI=1S/C23H24/c1-4-10-21(18-11-6-5-7-12-18)23-20(17(2)3)16-15-19-13-8-9-14-22(19)23/h4-11,13-17H,12H2,1-3H3/b10-4-,21-18+. The van der Waals surface area contributed by atoms with E-state index in [0.29, 0.717) is 5.92 Å². The first-order chi connectivity index (χ1) is 11.2. The van der Waals surface area contributed by atoms with Crippen molar-refractivity contribution in [2.75, 3.05) is 0 Å². The predicted octanol–water partition coefficient (Wildman–Crippen LogP) is 6.81. The molecular weight excluding hydrogens is 276 g/mol. The maximum absolute atomic E-state index is 2.30. The van der Waals surface area contributed by atoms with Crippen LogP contribution in [-0.4, -0.2) is 0 Å². The quantitative estimate of drug-likeness (QED) is 0.584. The fourth-order valence-corrected chi connectivity index (χ4v) is 3.30. The zero-order valence-corrected chi connectivity index (χ0v) is 14.2. The summed E-state index contributed by atoms with van der Waals surface area (Å²) < 4.78 is 0. The summed E-state index contributed by atoms with van der Waals surface area (Å²) in [6, 6.07) is 13.3. The molecular formula is C23H24. The van der Waals surface area contributed by atoms with E-state index in [4.69, 9.17) is 0 Å². The number of fused-ring (bicyclic) bond motifs is 1. The van der Waals surface area contributed by atoms with Crippen molar-refractivity contribution in [2.24, 2.45) is 0 Å². The monoisotopic (exact) mass is 300 g/mol. The van der Waals surface area contributed by atoms with E-state index in [1.54, 1.807) is 0 Å². The molecule has 0 spiro atoms. The number of benzene rings is 2. The summed E-state index contributed by atoms with van der Waals surface area (Å²) in [6.07, 6.45) is 14.2. The highest BCUT2D eigenvalue weighted by Gasteiger charge is 2.15. The van der Waals surface area contributed by atoms with Crippen molar-refractivity contribution in [1.82, 2.24) is 0 Å². The Kier molecular flexibility index (Phi) is 4.62. The molecule has 0 N–H and O–H groups in total. The van der Waals surface area contributed by atoms with Crippen LogP contribution in [0.5, 0.6) is 0 Å². The zero-order valence-electron chi connectivity index (χ0n) is 14.2. The summed E-state index contributed by atoms with van der Waals surface area (Å²) in [5.74, 6) is 0.499. The first-order valence-electron chi connectivity index (χ1n) is 8.43. The molecule has 0 radical (unpaired) electrons. The van der Waals surface area contributed by atoms with Crippen LogP contribution in [0.15, 0.2) is 78.4 Å². The summed E-state index contributed by atoms with van der Waals surface area (Å²) in [4.78, 5) is 0. The van der Waals surface area contributed by atoms with Crippen LogP contribution < -0.4 is 0 Å². The largest absolute Gasteiger partial charge is 0.0870 e. The van der Waals surface area contributed by atoms with Crippen molar-refractivity contribution >= 4 is 16.3 Å². The molecule has 0 unspecified atom stereocenters. The number of allylic oxidation sites excluding steroid dienone is 8. The average Bonchev–Trinajstić information content (AvgIpc) is 2.59. The Morgan fingerprint density at radius 3 is 2.57 bits per heavy atom. The maximum atomic E-state index is 2.30. The molecule has 0 aromatic heterocycles. The minimum absolute atomic E-state index is 0.499. The van der Waals surface area contributed by atoms with Crippen molar-refractivity contribution in [2.45, 2.75) is 33.1 Å². The van der Waals surface area contributed by atoms with Crippen LogP contribution in [0.4, 0.5) is 0 Å². The molecule has 0 nitrogen and oxygen atoms in total. The summed E-state index contributed by atoms with van der Waals surface area (Å²) in [5.41, 5.74) is 5.57. The molecule has 0 saturated heterocycles. The highest BCUT2D eigenvalue weighted by Crippen LogP contribution is 2.36. The molecule has 1 aliphatic carbocycles. The molecule has 0 heterocycles. The fourth-order valence-electron chi connectivity index (χ4n) is 3.30. The van der Waals surface area contributed by atoms with Gasteiger partial charge in [-0.05, 0) is 52.3 Å². The van der Waals surface area contributed by atoms with Crippen molar-refractivity contribution < 1.29 is 0 Å². The van der Waals surface area contributed by atoms with Gasteiger partial charge >= 0.3 is 0 Å². The molecule has 2 aromatic carbocycles. The predicted molar refractivity (Wildman–Crippen MR) is 103 cm³/mol. The summed E-state index contributed by atoms with van der Waals surface area (Å²) in [5, 5.41) is 2.66. The van der Waals surface area contributed by atoms with Crippen molar-refractivity contribution in [3.05, 3.63) is 89.6 Å². The minimum Gasteiger partial charge on any atom is -0.0870 e. The molecule has 23 heavy (non-hydrogen) atoms. The van der Waals surface area contributed by atoms with Gasteiger partial charge in [-0.2, -0.15) is 0 Å². The lowest BCUT2D eigenvalue weighted by Gasteiger charge is -2.19. The van der Waals surface area contributed by atoms with Gasteiger partial charge in [0.1, 0.15) is 0 Å². The van der Waals surface area contributed by atoms with Crippen LogP contribution in [0.1, 0.15) is 44.2 Å². The van der Waals surface area contributed by atoms with Crippen LogP contribution >= 0.6 is 0 Å². The SMILES string of the molecule is C/C=C\C(=C1\C=CC=CC1)c1c(C(C)C)ccc2ccccc12. The van der Waals surface area contributed by atoms with Gasteiger partial charge in [-0.1, -0.05) is 86.7 Å². The Morgan fingerprint density at radius 1 is 1.04 bits per heavy atom.